The third-order valence-electron chi connectivity index (χ3n) is 5.08. The Kier molecular flexibility index (Phi) is 5.65. The van der Waals surface area contributed by atoms with Gasteiger partial charge in [-0.05, 0) is 38.1 Å². The monoisotopic (exact) mass is 409 g/mol. The Hall–Kier alpha value is -3.42. The lowest BCUT2D eigenvalue weighted by atomic mass is 10.2. The number of aromatic nitrogens is 3. The topological polar surface area (TPSA) is 63.5 Å². The van der Waals surface area contributed by atoms with E-state index in [0.717, 1.165) is 11.6 Å². The summed E-state index contributed by atoms with van der Waals surface area (Å²) in [7, 11) is 0. The first-order chi connectivity index (χ1) is 14.5. The lowest BCUT2D eigenvalue weighted by Gasteiger charge is -2.36. The van der Waals surface area contributed by atoms with Gasteiger partial charge in [-0.1, -0.05) is 12.1 Å². The largest absolute Gasteiger partial charge is 0.478 e. The molecule has 1 unspecified atom stereocenters. The Balaban J connectivity index is 1.39. The molecular formula is C22H24FN5O2. The molecule has 30 heavy (non-hydrogen) atoms. The molecular weight excluding hydrogens is 385 g/mol. The second kappa shape index (κ2) is 8.52. The van der Waals surface area contributed by atoms with Crippen LogP contribution in [0.4, 0.5) is 10.2 Å². The molecule has 2 aromatic heterocycles. The second-order valence-corrected chi connectivity index (χ2v) is 7.22. The number of hydrogen-bond acceptors (Lipinski definition) is 5. The van der Waals surface area contributed by atoms with Crippen LogP contribution in [0.2, 0.25) is 0 Å². The summed E-state index contributed by atoms with van der Waals surface area (Å²) < 4.78 is 21.3. The molecule has 0 bridgehead atoms. The summed E-state index contributed by atoms with van der Waals surface area (Å²) in [6, 6.07) is 12.0. The maximum Gasteiger partial charge on any atom is 0.263 e. The van der Waals surface area contributed by atoms with E-state index in [9.17, 15) is 9.18 Å². The average molecular weight is 409 g/mol. The van der Waals surface area contributed by atoms with Crippen LogP contribution in [0, 0.1) is 12.7 Å². The minimum absolute atomic E-state index is 0.0889. The van der Waals surface area contributed by atoms with Gasteiger partial charge in [-0.25, -0.2) is 14.4 Å². The van der Waals surface area contributed by atoms with Crippen molar-refractivity contribution in [3.8, 4) is 11.6 Å². The molecule has 0 N–H and O–H groups in total. The van der Waals surface area contributed by atoms with E-state index in [1.165, 1.54) is 12.1 Å². The van der Waals surface area contributed by atoms with Crippen molar-refractivity contribution in [1.29, 1.82) is 0 Å². The van der Waals surface area contributed by atoms with Gasteiger partial charge in [-0.3, -0.25) is 4.79 Å². The van der Waals surface area contributed by atoms with Crippen LogP contribution in [0.1, 0.15) is 12.7 Å². The number of carbonyl (C=O) groups excluding carboxylic acids is 1. The second-order valence-electron chi connectivity index (χ2n) is 7.22. The Morgan fingerprint density at radius 2 is 1.70 bits per heavy atom. The number of amides is 1. The van der Waals surface area contributed by atoms with Gasteiger partial charge in [0, 0.05) is 44.6 Å². The van der Waals surface area contributed by atoms with Crippen LogP contribution in [0.25, 0.3) is 5.82 Å². The Morgan fingerprint density at radius 1 is 1.03 bits per heavy atom. The van der Waals surface area contributed by atoms with Crippen molar-refractivity contribution in [1.82, 2.24) is 19.4 Å². The molecule has 3 aromatic rings. The smallest absolute Gasteiger partial charge is 0.263 e. The SMILES string of the molecule is Cc1nc(N2CCN(C(=O)C(C)Oc3ccccc3F)CC2)cc(-n2cccc2)n1. The van der Waals surface area contributed by atoms with Gasteiger partial charge in [0.05, 0.1) is 0 Å². The van der Waals surface area contributed by atoms with Crippen molar-refractivity contribution in [3.05, 3.63) is 66.5 Å². The van der Waals surface area contributed by atoms with E-state index in [1.54, 1.807) is 24.0 Å². The molecule has 0 spiro atoms. The quantitative estimate of drug-likeness (QED) is 0.649. The van der Waals surface area contributed by atoms with E-state index in [-0.39, 0.29) is 11.7 Å². The molecule has 1 aromatic carbocycles. The number of nitrogens with zero attached hydrogens (tertiary/aromatic N) is 5. The van der Waals surface area contributed by atoms with Crippen LogP contribution in [0.5, 0.6) is 5.75 Å². The van der Waals surface area contributed by atoms with Gasteiger partial charge in [0.25, 0.3) is 5.91 Å². The third-order valence-corrected chi connectivity index (χ3v) is 5.08. The Bertz CT molecular complexity index is 1020. The van der Waals surface area contributed by atoms with Crippen molar-refractivity contribution in [2.24, 2.45) is 0 Å². The molecule has 8 heteroatoms. The number of para-hydroxylation sites is 1. The number of anilines is 1. The summed E-state index contributed by atoms with van der Waals surface area (Å²) in [6.45, 7) is 5.92. The number of aryl methyl sites for hydroxylation is 1. The van der Waals surface area contributed by atoms with Crippen molar-refractivity contribution in [3.63, 3.8) is 0 Å². The van der Waals surface area contributed by atoms with E-state index in [4.69, 9.17) is 4.74 Å². The first-order valence-electron chi connectivity index (χ1n) is 9.95. The minimum Gasteiger partial charge on any atom is -0.478 e. The van der Waals surface area contributed by atoms with Gasteiger partial charge in [0.1, 0.15) is 17.5 Å². The molecule has 3 heterocycles. The van der Waals surface area contributed by atoms with E-state index in [1.807, 2.05) is 42.1 Å². The molecule has 1 amide bonds. The fourth-order valence-corrected chi connectivity index (χ4v) is 3.51. The minimum atomic E-state index is -0.755. The first-order valence-corrected chi connectivity index (χ1v) is 9.95. The number of piperazine rings is 1. The standard InChI is InChI=1S/C22H24FN5O2/c1-16(30-19-8-4-3-7-18(19)23)22(29)28-13-11-27(12-14-28)21-15-20(24-17(2)25-21)26-9-5-6-10-26/h3-10,15-16H,11-14H2,1-2H3. The van der Waals surface area contributed by atoms with Crippen molar-refractivity contribution in [2.75, 3.05) is 31.1 Å². The number of hydrogen-bond donors (Lipinski definition) is 0. The van der Waals surface area contributed by atoms with Gasteiger partial charge < -0.3 is 19.1 Å². The number of benzene rings is 1. The zero-order chi connectivity index (χ0) is 21.1. The maximum atomic E-state index is 13.8. The summed E-state index contributed by atoms with van der Waals surface area (Å²) in [6.07, 6.45) is 3.13. The van der Waals surface area contributed by atoms with Crippen molar-refractivity contribution in [2.45, 2.75) is 20.0 Å². The van der Waals surface area contributed by atoms with E-state index in [2.05, 4.69) is 14.9 Å². The molecule has 0 aliphatic carbocycles. The molecule has 0 radical (unpaired) electrons. The van der Waals surface area contributed by atoms with Gasteiger partial charge in [0.2, 0.25) is 0 Å². The van der Waals surface area contributed by atoms with Crippen LogP contribution in [-0.4, -0.2) is 57.6 Å². The molecule has 1 aliphatic rings. The molecule has 156 valence electrons. The molecule has 1 atom stereocenters. The zero-order valence-electron chi connectivity index (χ0n) is 17.0. The van der Waals surface area contributed by atoms with Crippen molar-refractivity contribution >= 4 is 11.7 Å². The molecule has 0 saturated carbocycles. The van der Waals surface area contributed by atoms with Gasteiger partial charge >= 0.3 is 0 Å². The highest BCUT2D eigenvalue weighted by Gasteiger charge is 2.27. The summed E-state index contributed by atoms with van der Waals surface area (Å²) in [4.78, 5) is 25.7. The van der Waals surface area contributed by atoms with E-state index in [0.29, 0.717) is 32.0 Å². The predicted octanol–water partition coefficient (Wildman–Crippen LogP) is 2.83. The lowest BCUT2D eigenvalue weighted by Crippen LogP contribution is -2.52. The third kappa shape index (κ3) is 4.27. The predicted molar refractivity (Wildman–Crippen MR) is 111 cm³/mol. The fraction of sp³-hybridized carbons (Fsp3) is 0.318. The number of ether oxygens (including phenoxy) is 1. The highest BCUT2D eigenvalue weighted by molar-refractivity contribution is 5.81. The number of carbonyl (C=O) groups is 1. The number of rotatable bonds is 5. The Labute approximate surface area is 174 Å². The maximum absolute atomic E-state index is 13.8. The molecule has 4 rings (SSSR count). The molecule has 1 saturated heterocycles. The van der Waals surface area contributed by atoms with Crippen LogP contribution < -0.4 is 9.64 Å². The zero-order valence-corrected chi connectivity index (χ0v) is 17.0. The van der Waals surface area contributed by atoms with E-state index >= 15 is 0 Å². The van der Waals surface area contributed by atoms with Gasteiger partial charge in [-0.15, -0.1) is 0 Å². The van der Waals surface area contributed by atoms with Gasteiger partial charge in [-0.2, -0.15) is 0 Å². The molecule has 7 nitrogen and oxygen atoms in total. The van der Waals surface area contributed by atoms with Crippen LogP contribution in [0.3, 0.4) is 0 Å². The molecule has 1 fully saturated rings. The first kappa shape index (κ1) is 19.9. The van der Waals surface area contributed by atoms with Gasteiger partial charge in [0.15, 0.2) is 17.7 Å². The van der Waals surface area contributed by atoms with Crippen LogP contribution >= 0.6 is 0 Å². The van der Waals surface area contributed by atoms with Crippen molar-refractivity contribution < 1.29 is 13.9 Å². The van der Waals surface area contributed by atoms with E-state index < -0.39 is 11.9 Å². The highest BCUT2D eigenvalue weighted by Crippen LogP contribution is 2.20. The lowest BCUT2D eigenvalue weighted by molar-refractivity contribution is -0.138. The summed E-state index contributed by atoms with van der Waals surface area (Å²) >= 11 is 0. The fourth-order valence-electron chi connectivity index (χ4n) is 3.51. The summed E-state index contributed by atoms with van der Waals surface area (Å²) in [5.74, 6) is 1.82. The average Bonchev–Trinajstić information content (AvgIpc) is 3.29. The number of halogens is 1. The molecule has 1 aliphatic heterocycles. The van der Waals surface area contributed by atoms with Crippen LogP contribution in [-0.2, 0) is 4.79 Å². The Morgan fingerprint density at radius 3 is 2.40 bits per heavy atom. The highest BCUT2D eigenvalue weighted by atomic mass is 19.1. The summed E-state index contributed by atoms with van der Waals surface area (Å²) in [5.41, 5.74) is 0. The van der Waals surface area contributed by atoms with Crippen LogP contribution in [0.15, 0.2) is 54.9 Å². The normalized spacial score (nSPS) is 15.2. The summed E-state index contributed by atoms with van der Waals surface area (Å²) in [5, 5.41) is 0.